The van der Waals surface area contributed by atoms with Gasteiger partial charge < -0.3 is 15.7 Å². The SMILES string of the molecule is C=CCN(CCO)C(=O)c1cc(N)c(Cl)c(Cl)c1. The van der Waals surface area contributed by atoms with E-state index in [2.05, 4.69) is 6.58 Å². The van der Waals surface area contributed by atoms with Crippen LogP contribution in [0.3, 0.4) is 0 Å². The lowest BCUT2D eigenvalue weighted by molar-refractivity contribution is 0.0743. The third-order valence-electron chi connectivity index (χ3n) is 2.31. The first kappa shape index (κ1) is 14.8. The fourth-order valence-corrected chi connectivity index (χ4v) is 1.80. The van der Waals surface area contributed by atoms with Crippen molar-refractivity contribution in [1.29, 1.82) is 0 Å². The Morgan fingerprint density at radius 3 is 2.67 bits per heavy atom. The van der Waals surface area contributed by atoms with Crippen molar-refractivity contribution in [3.05, 3.63) is 40.4 Å². The van der Waals surface area contributed by atoms with Crippen LogP contribution in [0, 0.1) is 0 Å². The Balaban J connectivity index is 3.04. The highest BCUT2D eigenvalue weighted by Gasteiger charge is 2.16. The molecule has 0 fully saturated rings. The number of hydrogen-bond acceptors (Lipinski definition) is 3. The molecule has 0 aliphatic rings. The molecular weight excluding hydrogens is 275 g/mol. The second kappa shape index (κ2) is 6.64. The fourth-order valence-electron chi connectivity index (χ4n) is 1.47. The van der Waals surface area contributed by atoms with Crippen molar-refractivity contribution < 1.29 is 9.90 Å². The molecular formula is C12H14Cl2N2O2. The molecule has 4 nitrogen and oxygen atoms in total. The number of nitrogen functional groups attached to an aromatic ring is 1. The molecule has 0 saturated heterocycles. The topological polar surface area (TPSA) is 66.6 Å². The summed E-state index contributed by atoms with van der Waals surface area (Å²) in [5, 5.41) is 9.36. The fraction of sp³-hybridized carbons (Fsp3) is 0.250. The second-order valence-corrected chi connectivity index (χ2v) is 4.41. The molecule has 0 aliphatic heterocycles. The number of rotatable bonds is 5. The number of benzene rings is 1. The first-order valence-electron chi connectivity index (χ1n) is 5.26. The summed E-state index contributed by atoms with van der Waals surface area (Å²) in [6.45, 7) is 3.98. The first-order valence-corrected chi connectivity index (χ1v) is 6.02. The van der Waals surface area contributed by atoms with Crippen molar-refractivity contribution >= 4 is 34.8 Å². The number of anilines is 1. The van der Waals surface area contributed by atoms with Crippen LogP contribution in [0.2, 0.25) is 10.0 Å². The minimum absolute atomic E-state index is 0.129. The van der Waals surface area contributed by atoms with Crippen LogP contribution >= 0.6 is 23.2 Å². The third-order valence-corrected chi connectivity index (χ3v) is 3.13. The Morgan fingerprint density at radius 2 is 2.17 bits per heavy atom. The third kappa shape index (κ3) is 3.38. The summed E-state index contributed by atoms with van der Waals surface area (Å²) in [7, 11) is 0. The average molecular weight is 289 g/mol. The summed E-state index contributed by atoms with van der Waals surface area (Å²) in [4.78, 5) is 13.6. The smallest absolute Gasteiger partial charge is 0.254 e. The van der Waals surface area contributed by atoms with E-state index in [4.69, 9.17) is 34.0 Å². The van der Waals surface area contributed by atoms with Gasteiger partial charge in [0.05, 0.1) is 22.3 Å². The lowest BCUT2D eigenvalue weighted by Crippen LogP contribution is -2.33. The van der Waals surface area contributed by atoms with Crippen LogP contribution in [-0.4, -0.2) is 35.6 Å². The summed E-state index contributed by atoms with van der Waals surface area (Å²) in [5.41, 5.74) is 6.23. The van der Waals surface area contributed by atoms with Crippen molar-refractivity contribution in [3.63, 3.8) is 0 Å². The molecule has 0 atom stereocenters. The van der Waals surface area contributed by atoms with Gasteiger partial charge >= 0.3 is 0 Å². The number of carbonyl (C=O) groups is 1. The van der Waals surface area contributed by atoms with E-state index in [9.17, 15) is 4.79 Å². The monoisotopic (exact) mass is 288 g/mol. The summed E-state index contributed by atoms with van der Waals surface area (Å²) in [6, 6.07) is 2.92. The maximum atomic E-state index is 12.2. The van der Waals surface area contributed by atoms with Crippen molar-refractivity contribution in [3.8, 4) is 0 Å². The molecule has 0 spiro atoms. The molecule has 0 unspecified atom stereocenters. The second-order valence-electron chi connectivity index (χ2n) is 3.62. The molecule has 18 heavy (non-hydrogen) atoms. The maximum Gasteiger partial charge on any atom is 0.254 e. The number of nitrogens with zero attached hydrogens (tertiary/aromatic N) is 1. The van der Waals surface area contributed by atoms with E-state index < -0.39 is 0 Å². The van der Waals surface area contributed by atoms with Crippen molar-refractivity contribution in [2.75, 3.05) is 25.4 Å². The lowest BCUT2D eigenvalue weighted by atomic mass is 10.1. The molecule has 0 bridgehead atoms. The average Bonchev–Trinajstić information content (AvgIpc) is 2.34. The van der Waals surface area contributed by atoms with Gasteiger partial charge in [0.25, 0.3) is 5.91 Å². The van der Waals surface area contributed by atoms with Crippen LogP contribution in [0.25, 0.3) is 0 Å². The molecule has 1 aromatic rings. The summed E-state index contributed by atoms with van der Waals surface area (Å²) in [6.07, 6.45) is 1.58. The molecule has 3 N–H and O–H groups in total. The van der Waals surface area contributed by atoms with Gasteiger partial charge in [-0.1, -0.05) is 29.3 Å². The Bertz CT molecular complexity index is 440. The zero-order valence-corrected chi connectivity index (χ0v) is 11.2. The van der Waals surface area contributed by atoms with Gasteiger partial charge in [-0.25, -0.2) is 0 Å². The molecule has 0 aromatic heterocycles. The van der Waals surface area contributed by atoms with Gasteiger partial charge in [-0.3, -0.25) is 4.79 Å². The van der Waals surface area contributed by atoms with Gasteiger partial charge in [0.1, 0.15) is 0 Å². The molecule has 1 rings (SSSR count). The molecule has 1 aromatic carbocycles. The predicted molar refractivity (Wildman–Crippen MR) is 74.1 cm³/mol. The zero-order valence-electron chi connectivity index (χ0n) is 9.70. The number of aliphatic hydroxyl groups is 1. The van der Waals surface area contributed by atoms with Crippen LogP contribution < -0.4 is 5.73 Å². The van der Waals surface area contributed by atoms with Gasteiger partial charge in [-0.2, -0.15) is 0 Å². The molecule has 0 aliphatic carbocycles. The van der Waals surface area contributed by atoms with Gasteiger partial charge in [0, 0.05) is 18.7 Å². The van der Waals surface area contributed by atoms with Crippen LogP contribution in [-0.2, 0) is 0 Å². The highest BCUT2D eigenvalue weighted by atomic mass is 35.5. The van der Waals surface area contributed by atoms with E-state index in [1.807, 2.05) is 0 Å². The molecule has 1 amide bonds. The van der Waals surface area contributed by atoms with Crippen LogP contribution in [0.15, 0.2) is 24.8 Å². The number of amides is 1. The molecule has 0 radical (unpaired) electrons. The van der Waals surface area contributed by atoms with Crippen LogP contribution in [0.5, 0.6) is 0 Å². The normalized spacial score (nSPS) is 10.2. The lowest BCUT2D eigenvalue weighted by Gasteiger charge is -2.20. The van der Waals surface area contributed by atoms with Crippen LogP contribution in [0.1, 0.15) is 10.4 Å². The largest absolute Gasteiger partial charge is 0.397 e. The number of nitrogens with two attached hydrogens (primary N) is 1. The molecule has 98 valence electrons. The minimum Gasteiger partial charge on any atom is -0.397 e. The minimum atomic E-state index is -0.283. The van der Waals surface area contributed by atoms with E-state index in [0.29, 0.717) is 12.1 Å². The van der Waals surface area contributed by atoms with E-state index in [-0.39, 0.29) is 34.8 Å². The Hall–Kier alpha value is -1.23. The quantitative estimate of drug-likeness (QED) is 0.645. The zero-order chi connectivity index (χ0) is 13.7. The Labute approximate surface area is 116 Å². The standard InChI is InChI=1S/C12H14Cl2N2O2/c1-2-3-16(4-5-17)12(18)8-6-9(13)11(14)10(15)7-8/h2,6-7,17H,1,3-5,15H2. The summed E-state index contributed by atoms with van der Waals surface area (Å²) < 4.78 is 0. The van der Waals surface area contributed by atoms with Gasteiger partial charge in [0.15, 0.2) is 0 Å². The van der Waals surface area contributed by atoms with Gasteiger partial charge in [0.2, 0.25) is 0 Å². The van der Waals surface area contributed by atoms with Crippen molar-refractivity contribution in [1.82, 2.24) is 4.90 Å². The predicted octanol–water partition coefficient (Wildman–Crippen LogP) is 2.20. The molecule has 6 heteroatoms. The van der Waals surface area contributed by atoms with Crippen molar-refractivity contribution in [2.24, 2.45) is 0 Å². The summed E-state index contributed by atoms with van der Waals surface area (Å²) in [5.74, 6) is -0.283. The number of hydrogen-bond donors (Lipinski definition) is 2. The van der Waals surface area contributed by atoms with E-state index >= 15 is 0 Å². The van der Waals surface area contributed by atoms with E-state index in [1.54, 1.807) is 6.08 Å². The van der Waals surface area contributed by atoms with Gasteiger partial charge in [-0.05, 0) is 12.1 Å². The molecule has 0 saturated carbocycles. The number of carbonyl (C=O) groups excluding carboxylic acids is 1. The Kier molecular flexibility index (Phi) is 5.47. The first-order chi connectivity index (χ1) is 8.51. The van der Waals surface area contributed by atoms with E-state index in [0.717, 1.165) is 0 Å². The van der Waals surface area contributed by atoms with Crippen LogP contribution in [0.4, 0.5) is 5.69 Å². The Morgan fingerprint density at radius 1 is 1.50 bits per heavy atom. The number of aliphatic hydroxyl groups excluding tert-OH is 1. The van der Waals surface area contributed by atoms with Crippen molar-refractivity contribution in [2.45, 2.75) is 0 Å². The summed E-state index contributed by atoms with van der Waals surface area (Å²) >= 11 is 11.7. The highest BCUT2D eigenvalue weighted by Crippen LogP contribution is 2.29. The van der Waals surface area contributed by atoms with E-state index in [1.165, 1.54) is 17.0 Å². The van der Waals surface area contributed by atoms with Gasteiger partial charge in [-0.15, -0.1) is 6.58 Å². The number of halogens is 2. The highest BCUT2D eigenvalue weighted by molar-refractivity contribution is 6.43. The molecule has 0 heterocycles. The maximum absolute atomic E-state index is 12.2.